The van der Waals surface area contributed by atoms with E-state index in [9.17, 15) is 4.79 Å². The Morgan fingerprint density at radius 2 is 1.80 bits per heavy atom. The van der Waals surface area contributed by atoms with E-state index in [4.69, 9.17) is 0 Å². The average Bonchev–Trinajstić information content (AvgIpc) is 3.21. The van der Waals surface area contributed by atoms with Crippen LogP contribution in [0, 0.1) is 17.8 Å². The maximum Gasteiger partial charge on any atom is 0.142 e. The van der Waals surface area contributed by atoms with Crippen molar-refractivity contribution in [1.29, 1.82) is 0 Å². The van der Waals surface area contributed by atoms with Crippen molar-refractivity contribution in [2.45, 2.75) is 32.1 Å². The van der Waals surface area contributed by atoms with Gasteiger partial charge in [-0.1, -0.05) is 37.1 Å². The second kappa shape index (κ2) is 4.69. The zero-order chi connectivity index (χ0) is 13.5. The molecule has 2 aromatic rings. The molecule has 2 unspecified atom stereocenters. The summed E-state index contributed by atoms with van der Waals surface area (Å²) in [5.41, 5.74) is 1.92. The lowest BCUT2D eigenvalue weighted by Gasteiger charge is -2.04. The number of hydrogen-bond donors (Lipinski definition) is 0. The van der Waals surface area contributed by atoms with Crippen LogP contribution in [0.2, 0.25) is 0 Å². The molecule has 2 aliphatic rings. The first-order chi connectivity index (χ1) is 9.83. The van der Waals surface area contributed by atoms with Crippen molar-refractivity contribution in [3.63, 3.8) is 0 Å². The minimum absolute atomic E-state index is 0.353. The molecule has 20 heavy (non-hydrogen) atoms. The molecule has 2 atom stereocenters. The number of carbonyl (C=O) groups is 1. The van der Waals surface area contributed by atoms with Gasteiger partial charge in [-0.15, -0.1) is 0 Å². The SMILES string of the molecule is O=C(Cc1ccc2ccccc2n1)C1C2CCCCC21. The van der Waals surface area contributed by atoms with E-state index in [2.05, 4.69) is 17.1 Å². The Kier molecular flexibility index (Phi) is 2.83. The molecule has 0 amide bonds. The molecule has 1 aromatic carbocycles. The van der Waals surface area contributed by atoms with Crippen LogP contribution in [-0.2, 0) is 11.2 Å². The highest BCUT2D eigenvalue weighted by atomic mass is 16.1. The molecule has 102 valence electrons. The largest absolute Gasteiger partial charge is 0.299 e. The van der Waals surface area contributed by atoms with E-state index in [0.29, 0.717) is 30.0 Å². The summed E-state index contributed by atoms with van der Waals surface area (Å²) in [4.78, 5) is 17.1. The van der Waals surface area contributed by atoms with E-state index < -0.39 is 0 Å². The fourth-order valence-corrected chi connectivity index (χ4v) is 3.97. The molecule has 4 rings (SSSR count). The molecule has 2 heteroatoms. The first kappa shape index (κ1) is 12.1. The second-order valence-electron chi connectivity index (χ2n) is 6.28. The Balaban J connectivity index is 1.51. The maximum absolute atomic E-state index is 12.4. The van der Waals surface area contributed by atoms with Crippen molar-refractivity contribution in [2.75, 3.05) is 0 Å². The number of hydrogen-bond acceptors (Lipinski definition) is 2. The van der Waals surface area contributed by atoms with Crippen LogP contribution >= 0.6 is 0 Å². The van der Waals surface area contributed by atoms with E-state index in [1.807, 2.05) is 24.3 Å². The molecule has 2 saturated carbocycles. The summed E-state index contributed by atoms with van der Waals surface area (Å²) in [5, 5.41) is 1.14. The second-order valence-corrected chi connectivity index (χ2v) is 6.28. The predicted octanol–water partition coefficient (Wildman–Crippen LogP) is 3.78. The highest BCUT2D eigenvalue weighted by Crippen LogP contribution is 2.55. The van der Waals surface area contributed by atoms with E-state index in [1.165, 1.54) is 25.7 Å². The topological polar surface area (TPSA) is 30.0 Å². The van der Waals surface area contributed by atoms with Gasteiger partial charge >= 0.3 is 0 Å². The van der Waals surface area contributed by atoms with Crippen LogP contribution in [0.5, 0.6) is 0 Å². The fourth-order valence-electron chi connectivity index (χ4n) is 3.97. The van der Waals surface area contributed by atoms with Gasteiger partial charge in [-0.05, 0) is 36.8 Å². The maximum atomic E-state index is 12.4. The van der Waals surface area contributed by atoms with Crippen molar-refractivity contribution in [3.05, 3.63) is 42.1 Å². The van der Waals surface area contributed by atoms with Crippen LogP contribution in [-0.4, -0.2) is 10.8 Å². The van der Waals surface area contributed by atoms with Crippen molar-refractivity contribution in [2.24, 2.45) is 17.8 Å². The van der Waals surface area contributed by atoms with Gasteiger partial charge in [0, 0.05) is 23.4 Å². The van der Waals surface area contributed by atoms with Crippen LogP contribution < -0.4 is 0 Å². The van der Waals surface area contributed by atoms with E-state index >= 15 is 0 Å². The van der Waals surface area contributed by atoms with Gasteiger partial charge in [0.25, 0.3) is 0 Å². The number of para-hydroxylation sites is 1. The number of fused-ring (bicyclic) bond motifs is 2. The Hall–Kier alpha value is -1.70. The molecular weight excluding hydrogens is 246 g/mol. The first-order valence-corrected chi connectivity index (χ1v) is 7.70. The molecule has 2 fully saturated rings. The third-order valence-electron chi connectivity index (χ3n) is 5.04. The van der Waals surface area contributed by atoms with Gasteiger partial charge in [0.05, 0.1) is 5.52 Å². The number of aromatic nitrogens is 1. The molecule has 1 aromatic heterocycles. The smallest absolute Gasteiger partial charge is 0.142 e. The summed E-state index contributed by atoms with van der Waals surface area (Å²) < 4.78 is 0. The molecule has 0 N–H and O–H groups in total. The van der Waals surface area contributed by atoms with Crippen LogP contribution in [0.15, 0.2) is 36.4 Å². The molecule has 0 saturated heterocycles. The monoisotopic (exact) mass is 265 g/mol. The van der Waals surface area contributed by atoms with Crippen LogP contribution in [0.25, 0.3) is 10.9 Å². The standard InChI is InChI=1S/C18H19NO/c20-17(18-14-6-2-3-7-15(14)18)11-13-10-9-12-5-1-4-8-16(12)19-13/h1,4-5,8-10,14-15,18H,2-3,6-7,11H2. The van der Waals surface area contributed by atoms with Crippen LogP contribution in [0.1, 0.15) is 31.4 Å². The lowest BCUT2D eigenvalue weighted by molar-refractivity contribution is -0.120. The molecular formula is C18H19NO. The molecule has 1 heterocycles. The molecule has 2 nitrogen and oxygen atoms in total. The van der Waals surface area contributed by atoms with Gasteiger partial charge in [-0.25, -0.2) is 0 Å². The Labute approximate surface area is 119 Å². The summed E-state index contributed by atoms with van der Waals surface area (Å²) in [6, 6.07) is 12.2. The summed E-state index contributed by atoms with van der Waals surface area (Å²) in [5.74, 6) is 2.18. The zero-order valence-corrected chi connectivity index (χ0v) is 11.6. The quantitative estimate of drug-likeness (QED) is 0.845. The Bertz CT molecular complexity index is 651. The van der Waals surface area contributed by atoms with Gasteiger partial charge in [0.1, 0.15) is 5.78 Å². The molecule has 0 bridgehead atoms. The summed E-state index contributed by atoms with van der Waals surface area (Å²) in [6.45, 7) is 0. The fraction of sp³-hybridized carbons (Fsp3) is 0.444. The Morgan fingerprint density at radius 1 is 1.05 bits per heavy atom. The minimum Gasteiger partial charge on any atom is -0.299 e. The van der Waals surface area contributed by atoms with Crippen molar-refractivity contribution >= 4 is 16.7 Å². The molecule has 0 aliphatic heterocycles. The zero-order valence-electron chi connectivity index (χ0n) is 11.6. The number of pyridine rings is 1. The van der Waals surface area contributed by atoms with Crippen molar-refractivity contribution in [1.82, 2.24) is 4.98 Å². The van der Waals surface area contributed by atoms with Gasteiger partial charge in [0.15, 0.2) is 0 Å². The normalized spacial score (nSPS) is 28.1. The third kappa shape index (κ3) is 2.04. The highest BCUT2D eigenvalue weighted by Gasteiger charge is 2.53. The van der Waals surface area contributed by atoms with Crippen molar-refractivity contribution in [3.8, 4) is 0 Å². The highest BCUT2D eigenvalue weighted by molar-refractivity contribution is 5.87. The number of carbonyl (C=O) groups excluding carboxylic acids is 1. The van der Waals surface area contributed by atoms with Crippen LogP contribution in [0.4, 0.5) is 0 Å². The lowest BCUT2D eigenvalue weighted by Crippen LogP contribution is -2.08. The Morgan fingerprint density at radius 3 is 2.60 bits per heavy atom. The number of benzene rings is 1. The van der Waals surface area contributed by atoms with Gasteiger partial charge < -0.3 is 0 Å². The third-order valence-corrected chi connectivity index (χ3v) is 5.04. The summed E-state index contributed by atoms with van der Waals surface area (Å²) in [6.07, 6.45) is 5.69. The van der Waals surface area contributed by atoms with Gasteiger partial charge in [-0.3, -0.25) is 9.78 Å². The van der Waals surface area contributed by atoms with E-state index in [1.54, 1.807) is 0 Å². The average molecular weight is 265 g/mol. The number of nitrogens with zero attached hydrogens (tertiary/aromatic N) is 1. The number of rotatable bonds is 3. The van der Waals surface area contributed by atoms with E-state index in [0.717, 1.165) is 16.6 Å². The predicted molar refractivity (Wildman–Crippen MR) is 79.4 cm³/mol. The van der Waals surface area contributed by atoms with Gasteiger partial charge in [-0.2, -0.15) is 0 Å². The van der Waals surface area contributed by atoms with Gasteiger partial charge in [0.2, 0.25) is 0 Å². The van der Waals surface area contributed by atoms with Crippen LogP contribution in [0.3, 0.4) is 0 Å². The van der Waals surface area contributed by atoms with E-state index in [-0.39, 0.29) is 0 Å². The number of Topliss-reactive ketones (excluding diaryl/α,β-unsaturated/α-hetero) is 1. The minimum atomic E-state index is 0.353. The molecule has 0 radical (unpaired) electrons. The lowest BCUT2D eigenvalue weighted by atomic mass is 10.0. The molecule has 0 spiro atoms. The summed E-state index contributed by atoms with van der Waals surface area (Å²) in [7, 11) is 0. The summed E-state index contributed by atoms with van der Waals surface area (Å²) >= 11 is 0. The van der Waals surface area contributed by atoms with Crippen molar-refractivity contribution < 1.29 is 4.79 Å². The first-order valence-electron chi connectivity index (χ1n) is 7.70. The molecule has 2 aliphatic carbocycles. The number of ketones is 1.